The Morgan fingerprint density at radius 2 is 1.67 bits per heavy atom. The number of phenolic OH excluding ortho intramolecular Hbond substituents is 3. The summed E-state index contributed by atoms with van der Waals surface area (Å²) in [5.41, 5.74) is 2.84. The number of amides is 1. The van der Waals surface area contributed by atoms with Gasteiger partial charge >= 0.3 is 0 Å². The molecule has 0 fully saturated rings. The van der Waals surface area contributed by atoms with E-state index in [1.807, 2.05) is 0 Å². The third-order valence-electron chi connectivity index (χ3n) is 3.12. The number of carbonyl (C=O) groups is 1. The highest BCUT2D eigenvalue weighted by molar-refractivity contribution is 5.96. The van der Waals surface area contributed by atoms with Gasteiger partial charge in [-0.05, 0) is 35.9 Å². The molecule has 8 nitrogen and oxygen atoms in total. The lowest BCUT2D eigenvalue weighted by molar-refractivity contribution is 0.0954. The monoisotopic (exact) mass is 332 g/mol. The molecule has 0 saturated carbocycles. The molecular weight excluding hydrogens is 316 g/mol. The number of ether oxygens (including phenoxy) is 2. The van der Waals surface area contributed by atoms with Gasteiger partial charge in [0.05, 0.1) is 20.4 Å². The van der Waals surface area contributed by atoms with Crippen molar-refractivity contribution in [2.24, 2.45) is 5.10 Å². The molecule has 0 aliphatic carbocycles. The summed E-state index contributed by atoms with van der Waals surface area (Å²) in [4.78, 5) is 11.9. The molecule has 0 aliphatic heterocycles. The van der Waals surface area contributed by atoms with Crippen molar-refractivity contribution >= 4 is 12.1 Å². The van der Waals surface area contributed by atoms with Crippen molar-refractivity contribution in [1.82, 2.24) is 5.43 Å². The Balaban J connectivity index is 2.10. The van der Waals surface area contributed by atoms with Crippen LogP contribution in [0.1, 0.15) is 15.9 Å². The third kappa shape index (κ3) is 3.67. The molecule has 2 rings (SSSR count). The fraction of sp³-hybridized carbons (Fsp3) is 0.125. The van der Waals surface area contributed by atoms with Gasteiger partial charge in [0, 0.05) is 5.56 Å². The van der Waals surface area contributed by atoms with E-state index < -0.39 is 23.2 Å². The molecule has 0 saturated heterocycles. The fourth-order valence-corrected chi connectivity index (χ4v) is 1.90. The number of carbonyl (C=O) groups excluding carboxylic acids is 1. The molecule has 24 heavy (non-hydrogen) atoms. The maximum Gasteiger partial charge on any atom is 0.271 e. The molecule has 0 heterocycles. The van der Waals surface area contributed by atoms with Crippen LogP contribution in [0.2, 0.25) is 0 Å². The molecule has 4 N–H and O–H groups in total. The van der Waals surface area contributed by atoms with E-state index >= 15 is 0 Å². The van der Waals surface area contributed by atoms with Crippen molar-refractivity contribution in [2.45, 2.75) is 0 Å². The van der Waals surface area contributed by atoms with Crippen LogP contribution >= 0.6 is 0 Å². The Morgan fingerprint density at radius 3 is 2.25 bits per heavy atom. The summed E-state index contributed by atoms with van der Waals surface area (Å²) in [5.74, 6) is -1.50. The second kappa shape index (κ2) is 7.23. The zero-order valence-electron chi connectivity index (χ0n) is 13.0. The van der Waals surface area contributed by atoms with Gasteiger partial charge < -0.3 is 24.8 Å². The van der Waals surface area contributed by atoms with Gasteiger partial charge in [0.2, 0.25) is 0 Å². The second-order valence-corrected chi connectivity index (χ2v) is 4.68. The van der Waals surface area contributed by atoms with Crippen LogP contribution in [0.3, 0.4) is 0 Å². The second-order valence-electron chi connectivity index (χ2n) is 4.68. The number of aromatic hydroxyl groups is 3. The highest BCUT2D eigenvalue weighted by atomic mass is 16.5. The largest absolute Gasteiger partial charge is 0.504 e. The standard InChI is InChI=1S/C16H16N2O6/c1-23-13-4-3-9(5-14(13)24-2)8-17-18-16(22)10-6-11(19)15(21)12(20)7-10/h3-8,19-21H,1-2H3,(H,18,22)/b17-8-. The Bertz CT molecular complexity index is 765. The average Bonchev–Trinajstić information content (AvgIpc) is 2.58. The molecule has 126 valence electrons. The van der Waals surface area contributed by atoms with Crippen molar-refractivity contribution in [3.05, 3.63) is 41.5 Å². The quantitative estimate of drug-likeness (QED) is 0.375. The number of nitrogens with zero attached hydrogens (tertiary/aromatic N) is 1. The van der Waals surface area contributed by atoms with Crippen LogP contribution in [0, 0.1) is 0 Å². The maximum atomic E-state index is 11.9. The molecular formula is C16H16N2O6. The zero-order chi connectivity index (χ0) is 17.7. The molecule has 0 aromatic heterocycles. The van der Waals surface area contributed by atoms with Crippen molar-refractivity contribution in [3.63, 3.8) is 0 Å². The number of nitrogens with one attached hydrogen (secondary N) is 1. The molecule has 1 amide bonds. The van der Waals surface area contributed by atoms with Crippen molar-refractivity contribution in [3.8, 4) is 28.7 Å². The molecule has 0 unspecified atom stereocenters. The Kier molecular flexibility index (Phi) is 5.10. The van der Waals surface area contributed by atoms with E-state index in [4.69, 9.17) is 9.47 Å². The number of hydrogen-bond donors (Lipinski definition) is 4. The van der Waals surface area contributed by atoms with Crippen molar-refractivity contribution in [1.29, 1.82) is 0 Å². The first-order chi connectivity index (χ1) is 11.5. The van der Waals surface area contributed by atoms with Crippen LogP contribution in [0.5, 0.6) is 28.7 Å². The minimum atomic E-state index is -0.694. The molecule has 0 radical (unpaired) electrons. The summed E-state index contributed by atoms with van der Waals surface area (Å²) in [5, 5.41) is 31.8. The van der Waals surface area contributed by atoms with Crippen molar-refractivity contribution in [2.75, 3.05) is 14.2 Å². The molecule has 8 heteroatoms. The van der Waals surface area contributed by atoms with Gasteiger partial charge in [-0.25, -0.2) is 5.43 Å². The summed E-state index contributed by atoms with van der Waals surface area (Å²) >= 11 is 0. The summed E-state index contributed by atoms with van der Waals surface area (Å²) in [7, 11) is 3.03. The summed E-state index contributed by atoms with van der Waals surface area (Å²) < 4.78 is 10.3. The number of phenols is 3. The maximum absolute atomic E-state index is 11.9. The topological polar surface area (TPSA) is 121 Å². The number of methoxy groups -OCH3 is 2. The molecule has 0 aliphatic rings. The first-order valence-electron chi connectivity index (χ1n) is 6.76. The minimum absolute atomic E-state index is 0.0627. The van der Waals surface area contributed by atoms with Crippen molar-refractivity contribution < 1.29 is 29.6 Å². The van der Waals surface area contributed by atoms with E-state index in [0.717, 1.165) is 12.1 Å². The summed E-state index contributed by atoms with van der Waals surface area (Å²) in [6.45, 7) is 0. The number of hydrazone groups is 1. The Hall–Kier alpha value is -3.42. The van der Waals surface area contributed by atoms with Gasteiger partial charge in [-0.15, -0.1) is 0 Å². The summed E-state index contributed by atoms with van der Waals surface area (Å²) in [6.07, 6.45) is 1.39. The lowest BCUT2D eigenvalue weighted by atomic mass is 10.2. The highest BCUT2D eigenvalue weighted by Crippen LogP contribution is 2.35. The van der Waals surface area contributed by atoms with E-state index in [1.54, 1.807) is 18.2 Å². The van der Waals surface area contributed by atoms with Gasteiger partial charge in [0.1, 0.15) is 0 Å². The number of benzene rings is 2. The molecule has 2 aromatic rings. The molecule has 2 aromatic carbocycles. The fourth-order valence-electron chi connectivity index (χ4n) is 1.90. The van der Waals surface area contributed by atoms with Crippen LogP contribution < -0.4 is 14.9 Å². The normalized spacial score (nSPS) is 10.6. The predicted molar refractivity (Wildman–Crippen MR) is 86.0 cm³/mol. The van der Waals surface area contributed by atoms with E-state index in [2.05, 4.69) is 10.5 Å². The van der Waals surface area contributed by atoms with E-state index in [0.29, 0.717) is 17.1 Å². The Morgan fingerprint density at radius 1 is 1.04 bits per heavy atom. The van der Waals surface area contributed by atoms with Crippen LogP contribution in [0.15, 0.2) is 35.4 Å². The smallest absolute Gasteiger partial charge is 0.271 e. The first kappa shape index (κ1) is 16.9. The zero-order valence-corrected chi connectivity index (χ0v) is 13.0. The molecule has 0 spiro atoms. The van der Waals surface area contributed by atoms with Crippen LogP contribution in [0.25, 0.3) is 0 Å². The van der Waals surface area contributed by atoms with Gasteiger partial charge in [0.15, 0.2) is 28.7 Å². The SMILES string of the molecule is COc1ccc(/C=N\NC(=O)c2cc(O)c(O)c(O)c2)cc1OC. The van der Waals surface area contributed by atoms with Gasteiger partial charge in [-0.1, -0.05) is 0 Å². The number of rotatable bonds is 5. The first-order valence-corrected chi connectivity index (χ1v) is 6.76. The molecule has 0 bridgehead atoms. The summed E-state index contributed by atoms with van der Waals surface area (Å²) in [6, 6.07) is 7.10. The van der Waals surface area contributed by atoms with Crippen LogP contribution in [-0.2, 0) is 0 Å². The van der Waals surface area contributed by atoms with Crippen LogP contribution in [-0.4, -0.2) is 41.7 Å². The molecule has 0 atom stereocenters. The van der Waals surface area contributed by atoms with Gasteiger partial charge in [0.25, 0.3) is 5.91 Å². The lowest BCUT2D eigenvalue weighted by Gasteiger charge is -2.07. The Labute approximate surface area is 137 Å². The van der Waals surface area contributed by atoms with Gasteiger partial charge in [-0.3, -0.25) is 4.79 Å². The predicted octanol–water partition coefficient (Wildman–Crippen LogP) is 1.58. The van der Waals surface area contributed by atoms with Crippen LogP contribution in [0.4, 0.5) is 0 Å². The minimum Gasteiger partial charge on any atom is -0.504 e. The van der Waals surface area contributed by atoms with E-state index in [-0.39, 0.29) is 5.56 Å². The average molecular weight is 332 g/mol. The van der Waals surface area contributed by atoms with Gasteiger partial charge in [-0.2, -0.15) is 5.10 Å². The third-order valence-corrected chi connectivity index (χ3v) is 3.12. The number of hydrogen-bond acceptors (Lipinski definition) is 7. The van der Waals surface area contributed by atoms with E-state index in [9.17, 15) is 20.1 Å². The lowest BCUT2D eigenvalue weighted by Crippen LogP contribution is -2.17. The van der Waals surface area contributed by atoms with E-state index in [1.165, 1.54) is 20.4 Å². The highest BCUT2D eigenvalue weighted by Gasteiger charge is 2.13.